The van der Waals surface area contributed by atoms with Crippen LogP contribution in [0.1, 0.15) is 43.0 Å². The number of carbonyl (C=O) groups excluding carboxylic acids is 3. The summed E-state index contributed by atoms with van der Waals surface area (Å²) in [5, 5.41) is 2.87. The number of Topliss-reactive ketones (excluding diaryl/α,β-unsaturated/α-hetero) is 1. The predicted molar refractivity (Wildman–Crippen MR) is 92.4 cm³/mol. The van der Waals surface area contributed by atoms with Crippen LogP contribution in [-0.2, 0) is 4.79 Å². The van der Waals surface area contributed by atoms with E-state index in [9.17, 15) is 14.4 Å². The quantitative estimate of drug-likeness (QED) is 0.661. The third-order valence-corrected chi connectivity index (χ3v) is 5.67. The van der Waals surface area contributed by atoms with Crippen molar-refractivity contribution in [2.24, 2.45) is 5.92 Å². The number of ketones is 1. The first-order valence-corrected chi connectivity index (χ1v) is 9.08. The molecule has 1 spiro atoms. The molecular formula is C19H22N2O5. The number of urea groups is 1. The number of nitrogens with one attached hydrogen (secondary N) is 1. The summed E-state index contributed by atoms with van der Waals surface area (Å²) in [5.74, 6) is 0.600. The summed E-state index contributed by atoms with van der Waals surface area (Å²) >= 11 is 0. The van der Waals surface area contributed by atoms with Crippen molar-refractivity contribution < 1.29 is 23.9 Å². The van der Waals surface area contributed by atoms with Gasteiger partial charge in [-0.3, -0.25) is 14.5 Å². The van der Waals surface area contributed by atoms with E-state index in [1.807, 2.05) is 6.92 Å². The van der Waals surface area contributed by atoms with Crippen molar-refractivity contribution in [3.05, 3.63) is 23.8 Å². The molecule has 7 heteroatoms. The maximum Gasteiger partial charge on any atom is 0.325 e. The molecular weight excluding hydrogens is 336 g/mol. The molecule has 0 aromatic heterocycles. The molecule has 1 aromatic rings. The average molecular weight is 358 g/mol. The summed E-state index contributed by atoms with van der Waals surface area (Å²) in [6, 6.07) is 4.44. The zero-order valence-electron chi connectivity index (χ0n) is 14.7. The van der Waals surface area contributed by atoms with Gasteiger partial charge in [0, 0.05) is 5.56 Å². The summed E-state index contributed by atoms with van der Waals surface area (Å²) in [4.78, 5) is 39.1. The Morgan fingerprint density at radius 3 is 2.77 bits per heavy atom. The largest absolute Gasteiger partial charge is 0.486 e. The van der Waals surface area contributed by atoms with Crippen molar-refractivity contribution in [1.29, 1.82) is 0 Å². The minimum Gasteiger partial charge on any atom is -0.486 e. The predicted octanol–water partition coefficient (Wildman–Crippen LogP) is 2.14. The highest BCUT2D eigenvalue weighted by Crippen LogP contribution is 2.38. The van der Waals surface area contributed by atoms with Crippen molar-refractivity contribution in [3.8, 4) is 11.5 Å². The van der Waals surface area contributed by atoms with Gasteiger partial charge in [0.15, 0.2) is 17.3 Å². The van der Waals surface area contributed by atoms with Crippen molar-refractivity contribution in [2.45, 2.75) is 38.1 Å². The standard InChI is InChI=1S/C19H22N2O5/c1-12-4-2-3-7-19(12)17(23)21(18(24)20-19)11-14(22)13-5-6-15-16(10-13)26-9-8-25-15/h5-6,10,12H,2-4,7-9,11H2,1H3,(H,20,24). The van der Waals surface area contributed by atoms with E-state index in [0.717, 1.165) is 24.2 Å². The smallest absolute Gasteiger partial charge is 0.325 e. The van der Waals surface area contributed by atoms with Gasteiger partial charge in [-0.1, -0.05) is 19.8 Å². The number of rotatable bonds is 3. The zero-order valence-corrected chi connectivity index (χ0v) is 14.7. The van der Waals surface area contributed by atoms with Crippen LogP contribution < -0.4 is 14.8 Å². The number of benzene rings is 1. The van der Waals surface area contributed by atoms with Gasteiger partial charge in [0.1, 0.15) is 18.8 Å². The van der Waals surface area contributed by atoms with E-state index >= 15 is 0 Å². The van der Waals surface area contributed by atoms with Gasteiger partial charge in [-0.25, -0.2) is 4.79 Å². The lowest BCUT2D eigenvalue weighted by atomic mass is 9.73. The molecule has 1 saturated carbocycles. The number of hydrogen-bond acceptors (Lipinski definition) is 5. The highest BCUT2D eigenvalue weighted by Gasteiger charge is 2.55. The lowest BCUT2D eigenvalue weighted by molar-refractivity contribution is -0.133. The molecule has 2 unspecified atom stereocenters. The van der Waals surface area contributed by atoms with Gasteiger partial charge >= 0.3 is 6.03 Å². The molecule has 2 aliphatic heterocycles. The van der Waals surface area contributed by atoms with Gasteiger partial charge in [0.25, 0.3) is 5.91 Å². The van der Waals surface area contributed by atoms with E-state index < -0.39 is 11.6 Å². The van der Waals surface area contributed by atoms with Crippen molar-refractivity contribution >= 4 is 17.7 Å². The van der Waals surface area contributed by atoms with E-state index in [1.165, 1.54) is 0 Å². The average Bonchev–Trinajstić information content (AvgIpc) is 2.89. The van der Waals surface area contributed by atoms with Crippen LogP contribution in [0.25, 0.3) is 0 Å². The number of imide groups is 1. The van der Waals surface area contributed by atoms with E-state index in [4.69, 9.17) is 9.47 Å². The summed E-state index contributed by atoms with van der Waals surface area (Å²) in [6.45, 7) is 2.63. The van der Waals surface area contributed by atoms with Crippen LogP contribution in [0.5, 0.6) is 11.5 Å². The molecule has 1 N–H and O–H groups in total. The van der Waals surface area contributed by atoms with Gasteiger partial charge < -0.3 is 14.8 Å². The zero-order chi connectivity index (χ0) is 18.3. The summed E-state index contributed by atoms with van der Waals surface area (Å²) < 4.78 is 10.9. The van der Waals surface area contributed by atoms with Crippen molar-refractivity contribution in [3.63, 3.8) is 0 Å². The lowest BCUT2D eigenvalue weighted by Crippen LogP contribution is -2.54. The fourth-order valence-corrected chi connectivity index (χ4v) is 4.09. The first kappa shape index (κ1) is 16.9. The Kier molecular flexibility index (Phi) is 4.09. The number of carbonyl (C=O) groups is 3. The molecule has 1 aliphatic carbocycles. The van der Waals surface area contributed by atoms with Gasteiger partial charge in [-0.15, -0.1) is 0 Å². The first-order chi connectivity index (χ1) is 12.5. The third-order valence-electron chi connectivity index (χ3n) is 5.67. The van der Waals surface area contributed by atoms with E-state index in [1.54, 1.807) is 18.2 Å². The van der Waals surface area contributed by atoms with Crippen LogP contribution in [0.2, 0.25) is 0 Å². The number of hydrogen-bond donors (Lipinski definition) is 1. The van der Waals surface area contributed by atoms with E-state index in [-0.39, 0.29) is 24.2 Å². The Balaban J connectivity index is 1.52. The fraction of sp³-hybridized carbons (Fsp3) is 0.526. The van der Waals surface area contributed by atoms with Gasteiger partial charge in [0.05, 0.1) is 6.54 Å². The second-order valence-corrected chi connectivity index (χ2v) is 7.22. The topological polar surface area (TPSA) is 84.9 Å². The number of ether oxygens (including phenoxy) is 2. The van der Waals surface area contributed by atoms with Crippen LogP contribution in [0.15, 0.2) is 18.2 Å². The van der Waals surface area contributed by atoms with Crippen LogP contribution in [0.4, 0.5) is 4.79 Å². The highest BCUT2D eigenvalue weighted by molar-refractivity contribution is 6.11. The van der Waals surface area contributed by atoms with Crippen LogP contribution >= 0.6 is 0 Å². The Morgan fingerprint density at radius 2 is 2.00 bits per heavy atom. The van der Waals surface area contributed by atoms with Gasteiger partial charge in [-0.05, 0) is 37.0 Å². The molecule has 1 aromatic carbocycles. The summed E-state index contributed by atoms with van der Waals surface area (Å²) in [6.07, 6.45) is 3.49. The Labute approximate surface area is 151 Å². The SMILES string of the molecule is CC1CCCCC12NC(=O)N(CC(=O)c1ccc3c(c1)OCCO3)C2=O. The molecule has 1 saturated heterocycles. The summed E-state index contributed by atoms with van der Waals surface area (Å²) in [7, 11) is 0. The molecule has 7 nitrogen and oxygen atoms in total. The molecule has 0 bridgehead atoms. The molecule has 3 amide bonds. The molecule has 4 rings (SSSR count). The van der Waals surface area contributed by atoms with Gasteiger partial charge in [-0.2, -0.15) is 0 Å². The minimum absolute atomic E-state index is 0.0714. The second-order valence-electron chi connectivity index (χ2n) is 7.22. The number of amides is 3. The monoisotopic (exact) mass is 358 g/mol. The maximum atomic E-state index is 12.9. The molecule has 3 aliphatic rings. The van der Waals surface area contributed by atoms with E-state index in [2.05, 4.69) is 5.32 Å². The Hall–Kier alpha value is -2.57. The van der Waals surface area contributed by atoms with Crippen molar-refractivity contribution in [1.82, 2.24) is 10.2 Å². The van der Waals surface area contributed by atoms with Crippen LogP contribution in [0.3, 0.4) is 0 Å². The van der Waals surface area contributed by atoms with Crippen molar-refractivity contribution in [2.75, 3.05) is 19.8 Å². The van der Waals surface area contributed by atoms with E-state index in [0.29, 0.717) is 36.7 Å². The molecule has 2 fully saturated rings. The number of nitrogens with zero attached hydrogens (tertiary/aromatic N) is 1. The molecule has 26 heavy (non-hydrogen) atoms. The molecule has 2 atom stereocenters. The molecule has 138 valence electrons. The maximum absolute atomic E-state index is 12.9. The summed E-state index contributed by atoms with van der Waals surface area (Å²) in [5.41, 5.74) is -0.449. The second kappa shape index (κ2) is 6.30. The third kappa shape index (κ3) is 2.62. The normalized spacial score (nSPS) is 27.6. The first-order valence-electron chi connectivity index (χ1n) is 9.08. The molecule has 2 heterocycles. The van der Waals surface area contributed by atoms with Crippen LogP contribution in [-0.4, -0.2) is 47.9 Å². The Bertz CT molecular complexity index is 777. The molecule has 0 radical (unpaired) electrons. The highest BCUT2D eigenvalue weighted by atomic mass is 16.6. The fourth-order valence-electron chi connectivity index (χ4n) is 4.09. The Morgan fingerprint density at radius 1 is 1.23 bits per heavy atom. The lowest BCUT2D eigenvalue weighted by Gasteiger charge is -2.36. The minimum atomic E-state index is -0.845. The van der Waals surface area contributed by atoms with Crippen LogP contribution in [0, 0.1) is 5.92 Å². The van der Waals surface area contributed by atoms with Gasteiger partial charge in [0.2, 0.25) is 0 Å². The number of fused-ring (bicyclic) bond motifs is 1.